The van der Waals surface area contributed by atoms with Gasteiger partial charge < -0.3 is 4.90 Å². The minimum Gasteiger partial charge on any atom is -0.337 e. The highest BCUT2D eigenvalue weighted by Crippen LogP contribution is 2.19. The second kappa shape index (κ2) is 8.23. The molecule has 0 aliphatic carbocycles. The number of carbonyl (C=O) groups is 1. The number of hydrogen-bond donors (Lipinski definition) is 0. The summed E-state index contributed by atoms with van der Waals surface area (Å²) in [7, 11) is -3.53. The van der Waals surface area contributed by atoms with Crippen molar-refractivity contribution in [2.45, 2.75) is 31.6 Å². The molecule has 1 fully saturated rings. The summed E-state index contributed by atoms with van der Waals surface area (Å²) in [5, 5.41) is 0. The molecule has 1 aliphatic heterocycles. The van der Waals surface area contributed by atoms with E-state index < -0.39 is 10.0 Å². The molecule has 0 bridgehead atoms. The SMILES string of the molecule is CCc1ccc(C(=O)N2CCCN(S(=O)(=O)c3ccc(C)cc3)CC2)cc1. The standard InChI is InChI=1S/C21H26N2O3S/c1-3-18-7-9-19(10-8-18)21(24)22-13-4-14-23(16-15-22)27(25,26)20-11-5-17(2)6-12-20/h5-12H,3-4,13-16H2,1-2H3. The van der Waals surface area contributed by atoms with Gasteiger partial charge in [-0.1, -0.05) is 36.8 Å². The van der Waals surface area contributed by atoms with Crippen LogP contribution in [0.4, 0.5) is 0 Å². The summed E-state index contributed by atoms with van der Waals surface area (Å²) in [4.78, 5) is 14.8. The summed E-state index contributed by atoms with van der Waals surface area (Å²) in [6.45, 7) is 5.71. The maximum Gasteiger partial charge on any atom is 0.253 e. The topological polar surface area (TPSA) is 57.7 Å². The maximum atomic E-state index is 12.9. The third kappa shape index (κ3) is 4.39. The number of benzene rings is 2. The molecule has 0 unspecified atom stereocenters. The van der Waals surface area contributed by atoms with Crippen LogP contribution >= 0.6 is 0 Å². The summed E-state index contributed by atoms with van der Waals surface area (Å²) in [5.41, 5.74) is 2.87. The first-order valence-corrected chi connectivity index (χ1v) is 10.8. The lowest BCUT2D eigenvalue weighted by Gasteiger charge is -2.22. The first kappa shape index (κ1) is 19.6. The Bertz CT molecular complexity index is 890. The van der Waals surface area contributed by atoms with Crippen molar-refractivity contribution in [2.24, 2.45) is 0 Å². The number of carbonyl (C=O) groups excluding carboxylic acids is 1. The van der Waals surface area contributed by atoms with Gasteiger partial charge >= 0.3 is 0 Å². The van der Waals surface area contributed by atoms with E-state index in [0.29, 0.717) is 43.1 Å². The van der Waals surface area contributed by atoms with Crippen LogP contribution in [0.1, 0.15) is 34.8 Å². The third-order valence-corrected chi connectivity index (χ3v) is 6.92. The average molecular weight is 387 g/mol. The van der Waals surface area contributed by atoms with Crippen LogP contribution in [0.15, 0.2) is 53.4 Å². The predicted octanol–water partition coefficient (Wildman–Crippen LogP) is 3.09. The molecule has 27 heavy (non-hydrogen) atoms. The van der Waals surface area contributed by atoms with Crippen LogP contribution in [0.3, 0.4) is 0 Å². The van der Waals surface area contributed by atoms with Crippen molar-refractivity contribution in [2.75, 3.05) is 26.2 Å². The van der Waals surface area contributed by atoms with Crippen molar-refractivity contribution < 1.29 is 13.2 Å². The number of sulfonamides is 1. The lowest BCUT2D eigenvalue weighted by molar-refractivity contribution is 0.0764. The molecule has 0 aromatic heterocycles. The zero-order valence-corrected chi connectivity index (χ0v) is 16.7. The molecule has 0 radical (unpaired) electrons. The Morgan fingerprint density at radius 2 is 1.59 bits per heavy atom. The van der Waals surface area contributed by atoms with Crippen molar-refractivity contribution in [1.82, 2.24) is 9.21 Å². The van der Waals surface area contributed by atoms with Crippen molar-refractivity contribution in [1.29, 1.82) is 0 Å². The first-order chi connectivity index (χ1) is 12.9. The van der Waals surface area contributed by atoms with Crippen LogP contribution in [0.2, 0.25) is 0 Å². The molecule has 0 spiro atoms. The molecule has 144 valence electrons. The van der Waals surface area contributed by atoms with Crippen LogP contribution in [0.25, 0.3) is 0 Å². The molecular weight excluding hydrogens is 360 g/mol. The summed E-state index contributed by atoms with van der Waals surface area (Å²) in [6, 6.07) is 14.6. The second-order valence-electron chi connectivity index (χ2n) is 6.91. The molecule has 0 saturated carbocycles. The van der Waals surface area contributed by atoms with Crippen LogP contribution in [-0.4, -0.2) is 49.7 Å². The molecular formula is C21H26N2O3S. The first-order valence-electron chi connectivity index (χ1n) is 9.37. The minimum atomic E-state index is -3.53. The Kier molecular flexibility index (Phi) is 5.97. The molecule has 1 amide bonds. The van der Waals surface area contributed by atoms with Crippen molar-refractivity contribution in [3.8, 4) is 0 Å². The van der Waals surface area contributed by atoms with Gasteiger partial charge in [0.15, 0.2) is 0 Å². The molecule has 2 aromatic carbocycles. The van der Waals surface area contributed by atoms with Crippen LogP contribution in [0.5, 0.6) is 0 Å². The van der Waals surface area contributed by atoms with Gasteiger partial charge in [0.25, 0.3) is 5.91 Å². The van der Waals surface area contributed by atoms with E-state index in [1.807, 2.05) is 31.2 Å². The van der Waals surface area contributed by atoms with E-state index >= 15 is 0 Å². The highest BCUT2D eigenvalue weighted by Gasteiger charge is 2.28. The lowest BCUT2D eigenvalue weighted by Crippen LogP contribution is -2.37. The molecule has 1 aliphatic rings. The van der Waals surface area contributed by atoms with E-state index in [-0.39, 0.29) is 5.91 Å². The zero-order valence-electron chi connectivity index (χ0n) is 15.9. The molecule has 2 aromatic rings. The fraction of sp³-hybridized carbons (Fsp3) is 0.381. The van der Waals surface area contributed by atoms with E-state index in [1.54, 1.807) is 29.2 Å². The minimum absolute atomic E-state index is 0.0350. The molecule has 1 heterocycles. The molecule has 5 nitrogen and oxygen atoms in total. The Morgan fingerprint density at radius 3 is 2.22 bits per heavy atom. The quantitative estimate of drug-likeness (QED) is 0.811. The number of hydrogen-bond acceptors (Lipinski definition) is 3. The number of amides is 1. The number of nitrogens with zero attached hydrogens (tertiary/aromatic N) is 2. The van der Waals surface area contributed by atoms with Crippen molar-refractivity contribution in [3.05, 3.63) is 65.2 Å². The Balaban J connectivity index is 1.71. The smallest absolute Gasteiger partial charge is 0.253 e. The fourth-order valence-electron chi connectivity index (χ4n) is 3.26. The maximum absolute atomic E-state index is 12.9. The predicted molar refractivity (Wildman–Crippen MR) is 106 cm³/mol. The van der Waals surface area contributed by atoms with Gasteiger partial charge in [-0.2, -0.15) is 4.31 Å². The molecule has 1 saturated heterocycles. The van der Waals surface area contributed by atoms with Gasteiger partial charge in [0, 0.05) is 31.7 Å². The average Bonchev–Trinajstić information content (AvgIpc) is 2.94. The highest BCUT2D eigenvalue weighted by atomic mass is 32.2. The summed E-state index contributed by atoms with van der Waals surface area (Å²) in [6.07, 6.45) is 1.56. The normalized spacial score (nSPS) is 16.1. The fourth-order valence-corrected chi connectivity index (χ4v) is 4.73. The summed E-state index contributed by atoms with van der Waals surface area (Å²) in [5.74, 6) is -0.0350. The number of aryl methyl sites for hydroxylation is 2. The van der Waals surface area contributed by atoms with E-state index in [9.17, 15) is 13.2 Å². The van der Waals surface area contributed by atoms with E-state index in [1.165, 1.54) is 9.87 Å². The number of rotatable bonds is 4. The molecule has 3 rings (SSSR count). The largest absolute Gasteiger partial charge is 0.337 e. The van der Waals surface area contributed by atoms with Gasteiger partial charge in [-0.15, -0.1) is 0 Å². The zero-order chi connectivity index (χ0) is 19.4. The van der Waals surface area contributed by atoms with E-state index in [4.69, 9.17) is 0 Å². The Hall–Kier alpha value is -2.18. The van der Waals surface area contributed by atoms with Gasteiger partial charge in [-0.3, -0.25) is 4.79 Å². The van der Waals surface area contributed by atoms with Crippen molar-refractivity contribution in [3.63, 3.8) is 0 Å². The van der Waals surface area contributed by atoms with Crippen LogP contribution in [-0.2, 0) is 16.4 Å². The Labute approximate surface area is 161 Å². The monoisotopic (exact) mass is 386 g/mol. The molecule has 0 N–H and O–H groups in total. The van der Waals surface area contributed by atoms with Crippen LogP contribution < -0.4 is 0 Å². The summed E-state index contributed by atoms with van der Waals surface area (Å²) >= 11 is 0. The van der Waals surface area contributed by atoms with Gasteiger partial charge in [0.1, 0.15) is 0 Å². The Morgan fingerprint density at radius 1 is 0.926 bits per heavy atom. The summed E-state index contributed by atoms with van der Waals surface area (Å²) < 4.78 is 27.3. The third-order valence-electron chi connectivity index (χ3n) is 5.01. The van der Waals surface area contributed by atoms with Gasteiger partial charge in [0.2, 0.25) is 10.0 Å². The van der Waals surface area contributed by atoms with Gasteiger partial charge in [-0.05, 0) is 49.6 Å². The van der Waals surface area contributed by atoms with Crippen LogP contribution in [0, 0.1) is 6.92 Å². The molecule has 0 atom stereocenters. The van der Waals surface area contributed by atoms with E-state index in [2.05, 4.69) is 6.92 Å². The van der Waals surface area contributed by atoms with Gasteiger partial charge in [0.05, 0.1) is 4.90 Å². The van der Waals surface area contributed by atoms with Gasteiger partial charge in [-0.25, -0.2) is 8.42 Å². The lowest BCUT2D eigenvalue weighted by atomic mass is 10.1. The second-order valence-corrected chi connectivity index (χ2v) is 8.85. The van der Waals surface area contributed by atoms with Crippen molar-refractivity contribution >= 4 is 15.9 Å². The van der Waals surface area contributed by atoms with E-state index in [0.717, 1.165) is 12.0 Å². The molecule has 6 heteroatoms. The highest BCUT2D eigenvalue weighted by molar-refractivity contribution is 7.89.